The SMILES string of the molecule is CN=CC(C(=N)c1ccc(N(C)C)nc1)c1cnc2ccc(Cl)nc2c1. The van der Waals surface area contributed by atoms with E-state index in [9.17, 15) is 0 Å². The first-order valence-electron chi connectivity index (χ1n) is 8.06. The van der Waals surface area contributed by atoms with Crippen LogP contribution in [0.5, 0.6) is 0 Å². The molecule has 0 aliphatic heterocycles. The number of fused-ring (bicyclic) bond motifs is 1. The molecule has 3 rings (SSSR count). The molecule has 132 valence electrons. The average Bonchev–Trinajstić information content (AvgIpc) is 2.65. The van der Waals surface area contributed by atoms with Crippen molar-refractivity contribution < 1.29 is 0 Å². The molecule has 0 amide bonds. The van der Waals surface area contributed by atoms with Gasteiger partial charge >= 0.3 is 0 Å². The van der Waals surface area contributed by atoms with Gasteiger partial charge in [0.15, 0.2) is 0 Å². The number of anilines is 1. The van der Waals surface area contributed by atoms with Crippen LogP contribution in [0.1, 0.15) is 17.0 Å². The van der Waals surface area contributed by atoms with Crippen molar-refractivity contribution in [1.29, 1.82) is 5.41 Å². The minimum Gasteiger partial charge on any atom is -0.363 e. The van der Waals surface area contributed by atoms with Crippen LogP contribution < -0.4 is 4.90 Å². The molecule has 1 unspecified atom stereocenters. The molecular formula is C19H19ClN6. The van der Waals surface area contributed by atoms with Crippen molar-refractivity contribution in [3.05, 3.63) is 59.0 Å². The van der Waals surface area contributed by atoms with E-state index < -0.39 is 0 Å². The van der Waals surface area contributed by atoms with Crippen LogP contribution in [-0.2, 0) is 0 Å². The summed E-state index contributed by atoms with van der Waals surface area (Å²) in [5, 5.41) is 9.05. The van der Waals surface area contributed by atoms with E-state index in [1.165, 1.54) is 0 Å². The van der Waals surface area contributed by atoms with E-state index in [4.69, 9.17) is 17.0 Å². The molecule has 0 fully saturated rings. The lowest BCUT2D eigenvalue weighted by molar-refractivity contribution is 1.06. The molecule has 0 aliphatic rings. The van der Waals surface area contributed by atoms with Crippen molar-refractivity contribution in [1.82, 2.24) is 15.0 Å². The van der Waals surface area contributed by atoms with Gasteiger partial charge < -0.3 is 10.3 Å². The molecule has 3 aromatic heterocycles. The Balaban J connectivity index is 1.99. The summed E-state index contributed by atoms with van der Waals surface area (Å²) in [6, 6.07) is 9.22. The van der Waals surface area contributed by atoms with Gasteiger partial charge in [0.25, 0.3) is 0 Å². The monoisotopic (exact) mass is 366 g/mol. The molecule has 0 radical (unpaired) electrons. The Morgan fingerprint density at radius 1 is 1.15 bits per heavy atom. The number of hydrogen-bond donors (Lipinski definition) is 1. The third-order valence-corrected chi connectivity index (χ3v) is 4.22. The quantitative estimate of drug-likeness (QED) is 0.552. The topological polar surface area (TPSA) is 78.1 Å². The van der Waals surface area contributed by atoms with Crippen LogP contribution in [0.15, 0.2) is 47.7 Å². The van der Waals surface area contributed by atoms with Gasteiger partial charge in [-0.15, -0.1) is 0 Å². The molecule has 3 heterocycles. The van der Waals surface area contributed by atoms with Gasteiger partial charge in [-0.1, -0.05) is 11.6 Å². The van der Waals surface area contributed by atoms with Gasteiger partial charge in [0.05, 0.1) is 22.7 Å². The summed E-state index contributed by atoms with van der Waals surface area (Å²) in [5.74, 6) is 0.498. The fraction of sp³-hybridized carbons (Fsp3) is 0.211. The molecule has 6 nitrogen and oxygen atoms in total. The van der Waals surface area contributed by atoms with Crippen molar-refractivity contribution in [2.45, 2.75) is 5.92 Å². The van der Waals surface area contributed by atoms with Crippen LogP contribution in [-0.4, -0.2) is 48.0 Å². The summed E-state index contributed by atoms with van der Waals surface area (Å²) >= 11 is 5.99. The van der Waals surface area contributed by atoms with Gasteiger partial charge in [-0.3, -0.25) is 9.98 Å². The molecule has 0 aromatic carbocycles. The highest BCUT2D eigenvalue weighted by Gasteiger charge is 2.18. The fourth-order valence-corrected chi connectivity index (χ4v) is 2.79. The van der Waals surface area contributed by atoms with Crippen LogP contribution in [0, 0.1) is 5.41 Å². The van der Waals surface area contributed by atoms with E-state index in [1.54, 1.807) is 31.7 Å². The summed E-state index contributed by atoms with van der Waals surface area (Å²) in [6.45, 7) is 0. The zero-order chi connectivity index (χ0) is 18.7. The first-order chi connectivity index (χ1) is 12.5. The van der Waals surface area contributed by atoms with Crippen molar-refractivity contribution in [2.75, 3.05) is 26.0 Å². The smallest absolute Gasteiger partial charge is 0.129 e. The zero-order valence-corrected chi connectivity index (χ0v) is 15.6. The Morgan fingerprint density at radius 2 is 1.96 bits per heavy atom. The Morgan fingerprint density at radius 3 is 2.62 bits per heavy atom. The predicted molar refractivity (Wildman–Crippen MR) is 107 cm³/mol. The number of hydrogen-bond acceptors (Lipinski definition) is 6. The second kappa shape index (κ2) is 7.58. The number of halogens is 1. The van der Waals surface area contributed by atoms with Crippen LogP contribution in [0.2, 0.25) is 5.15 Å². The molecule has 0 saturated heterocycles. The number of nitrogens with zero attached hydrogens (tertiary/aromatic N) is 5. The number of aliphatic imine (C=N–C) groups is 1. The highest BCUT2D eigenvalue weighted by atomic mass is 35.5. The minimum absolute atomic E-state index is 0.343. The lowest BCUT2D eigenvalue weighted by Crippen LogP contribution is -2.16. The van der Waals surface area contributed by atoms with Crippen LogP contribution >= 0.6 is 11.6 Å². The van der Waals surface area contributed by atoms with E-state index in [1.807, 2.05) is 43.3 Å². The summed E-state index contributed by atoms with van der Waals surface area (Å²) in [6.07, 6.45) is 5.19. The third-order valence-electron chi connectivity index (χ3n) is 4.01. The average molecular weight is 367 g/mol. The molecule has 0 spiro atoms. The van der Waals surface area contributed by atoms with E-state index in [-0.39, 0.29) is 5.92 Å². The van der Waals surface area contributed by atoms with Gasteiger partial charge in [-0.05, 0) is 35.9 Å². The molecule has 7 heteroatoms. The van der Waals surface area contributed by atoms with E-state index >= 15 is 0 Å². The zero-order valence-electron chi connectivity index (χ0n) is 14.8. The molecule has 3 aromatic rings. The molecule has 26 heavy (non-hydrogen) atoms. The second-order valence-electron chi connectivity index (χ2n) is 6.04. The molecule has 0 saturated carbocycles. The molecule has 0 aliphatic carbocycles. The standard InChI is InChI=1S/C19H19ClN6/c1-22-11-14(19(21)12-4-7-18(24-9-12)26(2)3)13-8-16-15(23-10-13)5-6-17(20)25-16/h4-11,14,21H,1-3H3. The number of pyridine rings is 3. The molecule has 1 atom stereocenters. The summed E-state index contributed by atoms with van der Waals surface area (Å²) in [7, 11) is 5.55. The van der Waals surface area contributed by atoms with Crippen molar-refractivity contribution in [2.24, 2.45) is 4.99 Å². The minimum atomic E-state index is -0.343. The van der Waals surface area contributed by atoms with Crippen LogP contribution in [0.3, 0.4) is 0 Å². The molecular weight excluding hydrogens is 348 g/mol. The lowest BCUT2D eigenvalue weighted by atomic mass is 9.92. The number of rotatable bonds is 5. The first-order valence-corrected chi connectivity index (χ1v) is 8.44. The third kappa shape index (κ3) is 3.70. The van der Waals surface area contributed by atoms with Gasteiger partial charge in [-0.25, -0.2) is 9.97 Å². The van der Waals surface area contributed by atoms with Crippen LogP contribution in [0.4, 0.5) is 5.82 Å². The largest absolute Gasteiger partial charge is 0.363 e. The maximum Gasteiger partial charge on any atom is 0.129 e. The Hall–Kier alpha value is -2.86. The highest BCUT2D eigenvalue weighted by molar-refractivity contribution is 6.29. The summed E-state index contributed by atoms with van der Waals surface area (Å²) in [5.41, 5.74) is 3.42. The first kappa shape index (κ1) is 17.9. The maximum atomic E-state index is 8.64. The molecule has 1 N–H and O–H groups in total. The van der Waals surface area contributed by atoms with Gasteiger partial charge in [0.1, 0.15) is 11.0 Å². The normalized spacial score (nSPS) is 12.5. The predicted octanol–water partition coefficient (Wildman–Crippen LogP) is 3.60. The van der Waals surface area contributed by atoms with Crippen LogP contribution in [0.25, 0.3) is 11.0 Å². The molecule has 0 bridgehead atoms. The van der Waals surface area contributed by atoms with E-state index in [0.717, 1.165) is 22.5 Å². The van der Waals surface area contributed by atoms with Gasteiger partial charge in [-0.2, -0.15) is 0 Å². The van der Waals surface area contributed by atoms with Crippen molar-refractivity contribution in [3.63, 3.8) is 0 Å². The van der Waals surface area contributed by atoms with E-state index in [2.05, 4.69) is 19.9 Å². The summed E-state index contributed by atoms with van der Waals surface area (Å²) in [4.78, 5) is 19.2. The lowest BCUT2D eigenvalue weighted by Gasteiger charge is -2.16. The summed E-state index contributed by atoms with van der Waals surface area (Å²) < 4.78 is 0. The van der Waals surface area contributed by atoms with Gasteiger partial charge in [0.2, 0.25) is 0 Å². The van der Waals surface area contributed by atoms with Gasteiger partial charge in [0, 0.05) is 45.3 Å². The Labute approximate surface area is 157 Å². The number of aromatic nitrogens is 3. The fourth-order valence-electron chi connectivity index (χ4n) is 2.63. The maximum absolute atomic E-state index is 8.64. The number of nitrogens with one attached hydrogen (secondary N) is 1. The van der Waals surface area contributed by atoms with Crippen molar-refractivity contribution >= 4 is 40.4 Å². The highest BCUT2D eigenvalue weighted by Crippen LogP contribution is 2.23. The second-order valence-corrected chi connectivity index (χ2v) is 6.43. The Kier molecular flexibility index (Phi) is 5.23. The van der Waals surface area contributed by atoms with Crippen molar-refractivity contribution in [3.8, 4) is 0 Å². The Bertz CT molecular complexity index is 965. The van der Waals surface area contributed by atoms with E-state index in [0.29, 0.717) is 16.4 Å².